The van der Waals surface area contributed by atoms with Crippen LogP contribution in [0, 0.1) is 11.6 Å². The molecule has 1 aromatic carbocycles. The highest BCUT2D eigenvalue weighted by atomic mass is 19.2. The zero-order valence-electron chi connectivity index (χ0n) is 19.8. The lowest BCUT2D eigenvalue weighted by Gasteiger charge is -2.10. The van der Waals surface area contributed by atoms with E-state index >= 15 is 0 Å². The largest absolute Gasteiger partial charge is 0.491 e. The van der Waals surface area contributed by atoms with Crippen molar-refractivity contribution in [1.82, 2.24) is 4.98 Å². The second-order valence-electron chi connectivity index (χ2n) is 7.47. The Morgan fingerprint density at radius 2 is 1.69 bits per heavy atom. The molecule has 0 aliphatic carbocycles. The van der Waals surface area contributed by atoms with Gasteiger partial charge in [0.05, 0.1) is 13.7 Å². The van der Waals surface area contributed by atoms with Gasteiger partial charge in [-0.1, -0.05) is 56.2 Å². The summed E-state index contributed by atoms with van der Waals surface area (Å²) in [4.78, 5) is 4.01. The number of aryl methyl sites for hydroxylation is 1. The molecule has 0 aliphatic heterocycles. The van der Waals surface area contributed by atoms with Crippen LogP contribution < -0.4 is 4.74 Å². The summed E-state index contributed by atoms with van der Waals surface area (Å²) in [5, 5.41) is 0. The molecule has 2 aromatic rings. The van der Waals surface area contributed by atoms with E-state index in [2.05, 4.69) is 31.3 Å². The molecule has 0 unspecified atom stereocenters. The zero-order chi connectivity index (χ0) is 26.1. The van der Waals surface area contributed by atoms with Gasteiger partial charge in [0.1, 0.15) is 0 Å². The fourth-order valence-electron chi connectivity index (χ4n) is 3.00. The Morgan fingerprint density at radius 3 is 2.29 bits per heavy atom. The van der Waals surface area contributed by atoms with Crippen molar-refractivity contribution in [3.63, 3.8) is 0 Å². The van der Waals surface area contributed by atoms with E-state index in [9.17, 15) is 17.6 Å². The van der Waals surface area contributed by atoms with Gasteiger partial charge in [-0.3, -0.25) is 0 Å². The maximum absolute atomic E-state index is 14.7. The Hall–Kier alpha value is -3.87. The summed E-state index contributed by atoms with van der Waals surface area (Å²) in [6.07, 6.45) is 4.82. The van der Waals surface area contributed by atoms with Crippen molar-refractivity contribution in [1.29, 1.82) is 0 Å². The summed E-state index contributed by atoms with van der Waals surface area (Å²) in [6.45, 7) is 16.1. The summed E-state index contributed by atoms with van der Waals surface area (Å²) in [5.41, 5.74) is 1.07. The average molecular weight is 486 g/mol. The van der Waals surface area contributed by atoms with Gasteiger partial charge < -0.3 is 9.47 Å². The highest BCUT2D eigenvalue weighted by Gasteiger charge is 2.16. The highest BCUT2D eigenvalue weighted by Crippen LogP contribution is 2.29. The molecule has 0 radical (unpaired) electrons. The molecule has 3 nitrogen and oxygen atoms in total. The third kappa shape index (κ3) is 7.06. The number of benzene rings is 1. The van der Waals surface area contributed by atoms with Crippen molar-refractivity contribution >= 4 is 0 Å². The Labute approximate surface area is 203 Å². The van der Waals surface area contributed by atoms with Crippen LogP contribution in [0.3, 0.4) is 0 Å². The van der Waals surface area contributed by atoms with Gasteiger partial charge in [0.25, 0.3) is 0 Å². The third-order valence-corrected chi connectivity index (χ3v) is 5.06. The number of hydrogen-bond donors (Lipinski definition) is 0. The minimum absolute atomic E-state index is 0.0873. The van der Waals surface area contributed by atoms with Gasteiger partial charge in [-0.05, 0) is 37.0 Å². The topological polar surface area (TPSA) is 31.4 Å². The summed E-state index contributed by atoms with van der Waals surface area (Å²) in [6, 6.07) is 6.14. The number of aromatic nitrogens is 1. The lowest BCUT2D eigenvalue weighted by atomic mass is 9.99. The lowest BCUT2D eigenvalue weighted by Crippen LogP contribution is -1.98. The number of pyridine rings is 1. The van der Waals surface area contributed by atoms with Gasteiger partial charge in [-0.2, -0.15) is 4.39 Å². The van der Waals surface area contributed by atoms with Crippen molar-refractivity contribution in [2.45, 2.75) is 19.8 Å². The second kappa shape index (κ2) is 12.6. The molecule has 7 heteroatoms. The summed E-state index contributed by atoms with van der Waals surface area (Å²) in [7, 11) is 1.46. The average Bonchev–Trinajstić information content (AvgIpc) is 2.86. The van der Waals surface area contributed by atoms with E-state index in [0.29, 0.717) is 23.4 Å². The van der Waals surface area contributed by atoms with Crippen LogP contribution >= 0.6 is 0 Å². The molecule has 0 atom stereocenters. The lowest BCUT2D eigenvalue weighted by molar-refractivity contribution is 0.224. The maximum Gasteiger partial charge on any atom is 0.212 e. The van der Waals surface area contributed by atoms with E-state index in [1.807, 2.05) is 0 Å². The fraction of sp³-hybridized carbons (Fsp3) is 0.179. The Balaban J connectivity index is 2.03. The predicted octanol–water partition coefficient (Wildman–Crippen LogP) is 7.89. The normalized spacial score (nSPS) is 11.7. The molecular formula is C28H27F4NO2. The zero-order valence-corrected chi connectivity index (χ0v) is 19.8. The molecule has 0 spiro atoms. The molecule has 0 saturated heterocycles. The smallest absolute Gasteiger partial charge is 0.212 e. The SMILES string of the molecule is C=C(/C=C\C(=C)C(=C)/C(F)=C(/F)C(=C)OCC)CCc1ccc(-c2ccc(OC)nc2)c(F)c1F. The molecule has 0 N–H and O–H groups in total. The Kier molecular flexibility index (Phi) is 9.82. The highest BCUT2D eigenvalue weighted by molar-refractivity contribution is 5.64. The van der Waals surface area contributed by atoms with Crippen LogP contribution in [0.2, 0.25) is 0 Å². The summed E-state index contributed by atoms with van der Waals surface area (Å²) in [5.74, 6) is -4.48. The monoisotopic (exact) mass is 485 g/mol. The Morgan fingerprint density at radius 1 is 0.971 bits per heavy atom. The number of methoxy groups -OCH3 is 1. The Bertz CT molecular complexity index is 1190. The van der Waals surface area contributed by atoms with Gasteiger partial charge in [-0.25, -0.2) is 18.2 Å². The van der Waals surface area contributed by atoms with E-state index in [4.69, 9.17) is 9.47 Å². The molecule has 184 valence electrons. The molecular weight excluding hydrogens is 458 g/mol. The van der Waals surface area contributed by atoms with Crippen molar-refractivity contribution in [3.8, 4) is 17.0 Å². The number of nitrogens with zero attached hydrogens (tertiary/aromatic N) is 1. The van der Waals surface area contributed by atoms with E-state index < -0.39 is 29.0 Å². The van der Waals surface area contributed by atoms with E-state index in [1.165, 1.54) is 37.6 Å². The maximum atomic E-state index is 14.7. The van der Waals surface area contributed by atoms with Crippen LogP contribution in [0.15, 0.2) is 103 Å². The van der Waals surface area contributed by atoms with Crippen LogP contribution in [0.5, 0.6) is 5.88 Å². The van der Waals surface area contributed by atoms with Crippen LogP contribution in [-0.2, 0) is 11.2 Å². The first-order valence-electron chi connectivity index (χ1n) is 10.7. The molecule has 2 rings (SSSR count). The number of allylic oxidation sites excluding steroid dienone is 7. The first kappa shape index (κ1) is 27.4. The van der Waals surface area contributed by atoms with Crippen LogP contribution in [-0.4, -0.2) is 18.7 Å². The van der Waals surface area contributed by atoms with Crippen molar-refractivity contribution in [2.24, 2.45) is 0 Å². The molecule has 0 aliphatic rings. The summed E-state index contributed by atoms with van der Waals surface area (Å²) < 4.78 is 67.4. The molecule has 0 fully saturated rings. The van der Waals surface area contributed by atoms with Gasteiger partial charge >= 0.3 is 0 Å². The molecule has 0 bridgehead atoms. The first-order valence-corrected chi connectivity index (χ1v) is 10.7. The quantitative estimate of drug-likeness (QED) is 0.174. The van der Waals surface area contributed by atoms with E-state index in [0.717, 1.165) is 0 Å². The standard InChI is InChI=1S/C28H27F4NO2/c1-7-35-20(5)26(30)25(29)19(4)18(3)10-8-17(2)9-11-21-12-14-23(28(32)27(21)31)22-13-15-24(34-6)33-16-22/h8,10,12-16H,2-5,7,9,11H2,1,6H3/b10-8-,26-25-. The number of hydrogen-bond acceptors (Lipinski definition) is 3. The molecule has 35 heavy (non-hydrogen) atoms. The number of rotatable bonds is 12. The predicted molar refractivity (Wildman–Crippen MR) is 131 cm³/mol. The first-order chi connectivity index (χ1) is 16.6. The summed E-state index contributed by atoms with van der Waals surface area (Å²) >= 11 is 0. The molecule has 1 aromatic heterocycles. The van der Waals surface area contributed by atoms with Gasteiger partial charge in [0.15, 0.2) is 23.2 Å². The van der Waals surface area contributed by atoms with Crippen LogP contribution in [0.25, 0.3) is 11.1 Å². The van der Waals surface area contributed by atoms with Gasteiger partial charge in [0.2, 0.25) is 11.7 Å². The van der Waals surface area contributed by atoms with Crippen LogP contribution in [0.1, 0.15) is 18.9 Å². The van der Waals surface area contributed by atoms with Crippen LogP contribution in [0.4, 0.5) is 17.6 Å². The van der Waals surface area contributed by atoms with Gasteiger partial charge in [0, 0.05) is 29.0 Å². The minimum atomic E-state index is -1.25. The number of halogens is 4. The van der Waals surface area contributed by atoms with Gasteiger partial charge in [-0.15, -0.1) is 0 Å². The third-order valence-electron chi connectivity index (χ3n) is 5.06. The fourth-order valence-corrected chi connectivity index (χ4v) is 3.00. The van der Waals surface area contributed by atoms with Crippen molar-refractivity contribution in [2.75, 3.05) is 13.7 Å². The molecule has 0 amide bonds. The molecule has 1 heterocycles. The number of ether oxygens (including phenoxy) is 2. The minimum Gasteiger partial charge on any atom is -0.491 e. The van der Waals surface area contributed by atoms with Crippen molar-refractivity contribution < 1.29 is 27.0 Å². The molecule has 0 saturated carbocycles. The van der Waals surface area contributed by atoms with E-state index in [1.54, 1.807) is 19.1 Å². The second-order valence-corrected chi connectivity index (χ2v) is 7.47. The van der Waals surface area contributed by atoms with Crippen molar-refractivity contribution in [3.05, 3.63) is 120 Å². The van der Waals surface area contributed by atoms with E-state index in [-0.39, 0.29) is 35.3 Å².